The van der Waals surface area contributed by atoms with E-state index in [1.165, 1.54) is 0 Å². The Morgan fingerprint density at radius 2 is 1.27 bits per heavy atom. The molecule has 0 spiro atoms. The minimum Gasteiger partial charge on any atom is -0.465 e. The van der Waals surface area contributed by atoms with Gasteiger partial charge in [-0.3, -0.25) is 4.79 Å². The SMILES string of the molecule is CC(C)(C)CCCC[C@H](NC(=O)O)C(=O)C(C#N)=P(c1ccccc1)(c1ccccc1)c1ccccc1. The number of carbonyl (C=O) groups is 2. The third-order valence-corrected chi connectivity index (χ3v) is 10.6. The zero-order chi connectivity index (χ0) is 26.9. The first kappa shape index (κ1) is 28.0. The smallest absolute Gasteiger partial charge is 0.405 e. The fraction of sp³-hybridized carbons (Fsp3) is 0.290. The number of Topliss-reactive ketones (excluding diaryl/α,β-unsaturated/α-hetero) is 1. The zero-order valence-corrected chi connectivity index (χ0v) is 22.6. The summed E-state index contributed by atoms with van der Waals surface area (Å²) in [7, 11) is 0. The van der Waals surface area contributed by atoms with E-state index < -0.39 is 24.8 Å². The summed E-state index contributed by atoms with van der Waals surface area (Å²) in [5, 5.41) is 25.4. The van der Waals surface area contributed by atoms with E-state index in [-0.39, 0.29) is 10.7 Å². The topological polar surface area (TPSA) is 90.2 Å². The zero-order valence-electron chi connectivity index (χ0n) is 21.7. The van der Waals surface area contributed by atoms with E-state index in [9.17, 15) is 20.0 Å². The highest BCUT2D eigenvalue weighted by Gasteiger charge is 2.36. The average Bonchev–Trinajstić information content (AvgIpc) is 2.89. The quantitative estimate of drug-likeness (QED) is 0.277. The van der Waals surface area contributed by atoms with Crippen LogP contribution in [0, 0.1) is 16.7 Å². The molecule has 0 bridgehead atoms. The second-order valence-corrected chi connectivity index (χ2v) is 13.6. The second kappa shape index (κ2) is 12.6. The number of nitrogens with one attached hydrogen (secondary N) is 1. The normalized spacial score (nSPS) is 12.3. The maximum absolute atomic E-state index is 14.2. The predicted molar refractivity (Wildman–Crippen MR) is 154 cm³/mol. The molecule has 0 saturated heterocycles. The summed E-state index contributed by atoms with van der Waals surface area (Å²) in [5.74, 6) is -0.453. The predicted octanol–water partition coefficient (Wildman–Crippen LogP) is 5.49. The van der Waals surface area contributed by atoms with Gasteiger partial charge in [-0.2, -0.15) is 5.26 Å². The van der Waals surface area contributed by atoms with Gasteiger partial charge in [-0.05, 0) is 41.1 Å². The van der Waals surface area contributed by atoms with Crippen molar-refractivity contribution in [3.05, 3.63) is 91.0 Å². The molecule has 6 heteroatoms. The summed E-state index contributed by atoms with van der Waals surface area (Å²) < 4.78 is 0. The van der Waals surface area contributed by atoms with Crippen molar-refractivity contribution < 1.29 is 14.7 Å². The van der Waals surface area contributed by atoms with E-state index in [0.29, 0.717) is 12.8 Å². The van der Waals surface area contributed by atoms with Gasteiger partial charge in [-0.15, -0.1) is 0 Å². The molecular formula is C31H35N2O3P. The fourth-order valence-corrected chi connectivity index (χ4v) is 8.83. The summed E-state index contributed by atoms with van der Waals surface area (Å²) >= 11 is 0. The van der Waals surface area contributed by atoms with E-state index in [1.807, 2.05) is 91.0 Å². The van der Waals surface area contributed by atoms with Gasteiger partial charge in [0.05, 0.1) is 6.04 Å². The molecule has 0 aromatic heterocycles. The molecule has 5 nitrogen and oxygen atoms in total. The van der Waals surface area contributed by atoms with Crippen molar-refractivity contribution in [2.24, 2.45) is 5.41 Å². The molecule has 192 valence electrons. The molecule has 0 heterocycles. The van der Waals surface area contributed by atoms with Crippen LogP contribution in [-0.4, -0.2) is 28.3 Å². The van der Waals surface area contributed by atoms with Crippen molar-refractivity contribution in [1.82, 2.24) is 5.32 Å². The Bertz CT molecular complexity index is 1190. The Morgan fingerprint density at radius 1 is 0.838 bits per heavy atom. The lowest BCUT2D eigenvalue weighted by Crippen LogP contribution is -2.45. The van der Waals surface area contributed by atoms with Crippen LogP contribution in [-0.2, 0) is 4.79 Å². The molecule has 0 saturated carbocycles. The Kier molecular flexibility index (Phi) is 9.50. The highest BCUT2D eigenvalue weighted by atomic mass is 31.2. The summed E-state index contributed by atoms with van der Waals surface area (Å²) in [6, 6.07) is 30.2. The molecule has 3 rings (SSSR count). The van der Waals surface area contributed by atoms with Crippen LogP contribution in [0.4, 0.5) is 4.79 Å². The average molecular weight is 515 g/mol. The van der Waals surface area contributed by atoms with Crippen LogP contribution >= 0.6 is 6.89 Å². The first-order chi connectivity index (χ1) is 17.7. The summed E-state index contributed by atoms with van der Waals surface area (Å²) in [4.78, 5) is 25.9. The van der Waals surface area contributed by atoms with Gasteiger partial charge in [-0.1, -0.05) is 125 Å². The first-order valence-corrected chi connectivity index (χ1v) is 14.4. The molecule has 37 heavy (non-hydrogen) atoms. The number of carboxylic acid groups (broad SMARTS) is 1. The standard InChI is InChI=1S/C31H35N2O3P/c1-31(2,3)22-14-13-21-27(33-30(35)36)29(34)28(23-32)37(24-15-7-4-8-16-24,25-17-9-5-10-18-25)26-19-11-6-12-20-26/h4-12,15-20,27,33H,13-14,21-22H2,1-3H3,(H,35,36)/t27-/m0/s1. The number of benzene rings is 3. The van der Waals surface area contributed by atoms with Gasteiger partial charge in [-0.25, -0.2) is 4.79 Å². The van der Waals surface area contributed by atoms with Gasteiger partial charge < -0.3 is 10.4 Å². The molecule has 0 aliphatic rings. The van der Waals surface area contributed by atoms with Crippen LogP contribution in [0.5, 0.6) is 0 Å². The van der Waals surface area contributed by atoms with E-state index in [1.54, 1.807) is 0 Å². The Hall–Kier alpha value is -3.61. The van der Waals surface area contributed by atoms with Crippen molar-refractivity contribution in [2.75, 3.05) is 0 Å². The van der Waals surface area contributed by atoms with Gasteiger partial charge >= 0.3 is 6.09 Å². The fourth-order valence-electron chi connectivity index (χ4n) is 4.67. The number of nitrogens with zero attached hydrogens (tertiary/aromatic N) is 1. The Balaban J connectivity index is 2.28. The van der Waals surface area contributed by atoms with Gasteiger partial charge in [0, 0.05) is 0 Å². The summed E-state index contributed by atoms with van der Waals surface area (Å²) in [5.41, 5.74) is 0.151. The van der Waals surface area contributed by atoms with Crippen LogP contribution in [0.15, 0.2) is 91.0 Å². The van der Waals surface area contributed by atoms with Crippen LogP contribution in [0.25, 0.3) is 0 Å². The van der Waals surface area contributed by atoms with Crippen molar-refractivity contribution in [1.29, 1.82) is 5.26 Å². The minimum atomic E-state index is -2.91. The van der Waals surface area contributed by atoms with Crippen LogP contribution in [0.3, 0.4) is 0 Å². The molecule has 3 aromatic rings. The van der Waals surface area contributed by atoms with Crippen molar-refractivity contribution in [2.45, 2.75) is 52.5 Å². The number of carbonyl (C=O) groups excluding carboxylic acids is 1. The number of amides is 1. The molecule has 0 aliphatic heterocycles. The minimum absolute atomic E-state index is 0.102. The van der Waals surface area contributed by atoms with E-state index in [0.717, 1.165) is 28.8 Å². The number of rotatable bonds is 10. The van der Waals surface area contributed by atoms with Crippen molar-refractivity contribution >= 4 is 40.0 Å². The van der Waals surface area contributed by atoms with Crippen LogP contribution < -0.4 is 21.2 Å². The number of ketones is 1. The second-order valence-electron chi connectivity index (χ2n) is 10.3. The van der Waals surface area contributed by atoms with Gasteiger partial charge in [0.15, 0.2) is 5.78 Å². The largest absolute Gasteiger partial charge is 0.465 e. The lowest BCUT2D eigenvalue weighted by molar-refractivity contribution is -0.114. The number of nitriles is 1. The van der Waals surface area contributed by atoms with Gasteiger partial charge in [0.1, 0.15) is 11.4 Å². The summed E-state index contributed by atoms with van der Waals surface area (Å²) in [6.45, 7) is 3.56. The molecule has 1 amide bonds. The number of hydrogen-bond acceptors (Lipinski definition) is 3. The molecule has 0 fully saturated rings. The van der Waals surface area contributed by atoms with E-state index in [2.05, 4.69) is 32.2 Å². The Morgan fingerprint density at radius 3 is 1.62 bits per heavy atom. The third kappa shape index (κ3) is 6.79. The van der Waals surface area contributed by atoms with Gasteiger partial charge in [0.25, 0.3) is 0 Å². The van der Waals surface area contributed by atoms with Crippen molar-refractivity contribution in [3.63, 3.8) is 0 Å². The first-order valence-electron chi connectivity index (χ1n) is 12.6. The molecule has 0 aliphatic carbocycles. The van der Waals surface area contributed by atoms with E-state index >= 15 is 0 Å². The van der Waals surface area contributed by atoms with Crippen LogP contribution in [0.2, 0.25) is 0 Å². The van der Waals surface area contributed by atoms with Crippen LogP contribution in [0.1, 0.15) is 46.5 Å². The van der Waals surface area contributed by atoms with Gasteiger partial charge in [0.2, 0.25) is 0 Å². The molecule has 0 unspecified atom stereocenters. The molecule has 0 radical (unpaired) electrons. The lowest BCUT2D eigenvalue weighted by Gasteiger charge is -2.31. The third-order valence-electron chi connectivity index (χ3n) is 6.39. The van der Waals surface area contributed by atoms with Crippen molar-refractivity contribution in [3.8, 4) is 6.07 Å². The monoisotopic (exact) mass is 514 g/mol. The molecular weight excluding hydrogens is 479 g/mol. The van der Waals surface area contributed by atoms with E-state index in [4.69, 9.17) is 0 Å². The Labute approximate surface area is 220 Å². The molecule has 3 aromatic carbocycles. The molecule has 1 atom stereocenters. The maximum Gasteiger partial charge on any atom is 0.405 e. The summed E-state index contributed by atoms with van der Waals surface area (Å²) in [6.07, 6.45) is 1.58. The highest BCUT2D eigenvalue weighted by molar-refractivity contribution is 7.97. The maximum atomic E-state index is 14.2. The number of hydrogen-bond donors (Lipinski definition) is 2. The highest BCUT2D eigenvalue weighted by Crippen LogP contribution is 2.46. The number of unbranched alkanes of at least 4 members (excludes halogenated alkanes) is 1. The molecule has 2 N–H and O–H groups in total. The lowest BCUT2D eigenvalue weighted by atomic mass is 9.89.